The van der Waals surface area contributed by atoms with Gasteiger partial charge in [-0.15, -0.1) is 0 Å². The van der Waals surface area contributed by atoms with Gasteiger partial charge in [-0.25, -0.2) is 0 Å². The summed E-state index contributed by atoms with van der Waals surface area (Å²) in [6, 6.07) is 107. The van der Waals surface area contributed by atoms with Crippen LogP contribution in [0.3, 0.4) is 0 Å². The van der Waals surface area contributed by atoms with Gasteiger partial charge in [-0.3, -0.25) is 0 Å². The summed E-state index contributed by atoms with van der Waals surface area (Å²) in [6.07, 6.45) is 0. The Labute approximate surface area is 613 Å². The molecule has 105 heavy (non-hydrogen) atoms. The summed E-state index contributed by atoms with van der Waals surface area (Å²) in [5.41, 5.74) is 25.0. The van der Waals surface area contributed by atoms with Crippen molar-refractivity contribution in [2.75, 3.05) is 0 Å². The van der Waals surface area contributed by atoms with E-state index < -0.39 is 5.41 Å². The molecular formula is C105H80. The lowest BCUT2D eigenvalue weighted by molar-refractivity contribution is 0.591. The van der Waals surface area contributed by atoms with Gasteiger partial charge in [-0.1, -0.05) is 326 Å². The highest BCUT2D eigenvalue weighted by atomic mass is 14.5. The van der Waals surface area contributed by atoms with E-state index in [2.05, 4.69) is 350 Å². The topological polar surface area (TPSA) is 0 Å². The van der Waals surface area contributed by atoms with Crippen LogP contribution in [-0.4, -0.2) is 0 Å². The molecule has 0 nitrogen and oxygen atoms in total. The summed E-state index contributed by atoms with van der Waals surface area (Å²) in [6.45, 7) is 28.0. The average Bonchev–Trinajstić information content (AvgIpc) is 1.49. The first-order valence-corrected chi connectivity index (χ1v) is 38.0. The van der Waals surface area contributed by atoms with Crippen LogP contribution in [-0.2, 0) is 27.1 Å². The maximum absolute atomic E-state index is 2.64. The fraction of sp³-hybridized carbons (Fsp3) is 0.162. The first kappa shape index (κ1) is 61.1. The average molecular weight is 1340 g/mol. The van der Waals surface area contributed by atoms with Gasteiger partial charge in [0.15, 0.2) is 0 Å². The lowest BCUT2D eigenvalue weighted by Gasteiger charge is -2.32. The van der Waals surface area contributed by atoms with E-state index in [0.29, 0.717) is 0 Å². The van der Waals surface area contributed by atoms with Crippen LogP contribution in [0, 0.1) is 0 Å². The van der Waals surface area contributed by atoms with Crippen LogP contribution in [0.4, 0.5) is 0 Å². The molecule has 0 N–H and O–H groups in total. The number of rotatable bonds is 4. The van der Waals surface area contributed by atoms with Gasteiger partial charge in [0.2, 0.25) is 0 Å². The summed E-state index contributed by atoms with van der Waals surface area (Å²) >= 11 is 0. The quantitative estimate of drug-likeness (QED) is 0.154. The van der Waals surface area contributed by atoms with Gasteiger partial charge in [0.05, 0.1) is 5.41 Å². The molecule has 2 aliphatic rings. The predicted octanol–water partition coefficient (Wildman–Crippen LogP) is 29.5. The normalized spacial score (nSPS) is 14.0. The molecule has 1 spiro atoms. The second kappa shape index (κ2) is 20.5. The van der Waals surface area contributed by atoms with Crippen LogP contribution in [0.25, 0.3) is 196 Å². The van der Waals surface area contributed by atoms with E-state index >= 15 is 0 Å². The molecule has 500 valence electrons. The lowest BCUT2D eigenvalue weighted by Crippen LogP contribution is -2.26. The Bertz CT molecular complexity index is 6270. The van der Waals surface area contributed by atoms with Crippen LogP contribution in [0.2, 0.25) is 0 Å². The molecule has 2 aliphatic carbocycles. The Morgan fingerprint density at radius 2 is 0.333 bits per heavy atom. The van der Waals surface area contributed by atoms with Crippen LogP contribution in [0.5, 0.6) is 0 Å². The van der Waals surface area contributed by atoms with Crippen molar-refractivity contribution in [3.63, 3.8) is 0 Å². The van der Waals surface area contributed by atoms with E-state index in [0.717, 1.165) is 0 Å². The van der Waals surface area contributed by atoms with Gasteiger partial charge in [0, 0.05) is 0 Å². The van der Waals surface area contributed by atoms with Crippen molar-refractivity contribution in [3.05, 3.63) is 311 Å². The SMILES string of the molecule is CC(C)(C)c1cc2ccc3ccc(-c4ccc5c(c4)C4(c6cc(-c7ccc8ccc9cc(C(C)(C)C)cc%10ccc7c8c9%10)ccc6-5)c5cc(-c6ccc7ccc8cc(C(C)(C)C)cc9ccc6c7c89)ccc5-c5ccc(-c6ccc7ccc8cc(C(C)(C)C)cc9ccc6c7c89)cc54)c4ccc(c1)c2c34. The minimum absolute atomic E-state index is 0.0173. The third kappa shape index (κ3) is 8.40. The molecule has 0 bridgehead atoms. The third-order valence-electron chi connectivity index (χ3n) is 25.4. The van der Waals surface area contributed by atoms with Gasteiger partial charge in [-0.05, 0) is 286 Å². The highest BCUT2D eigenvalue weighted by molar-refractivity contribution is 6.30. The molecular weight excluding hydrogens is 1260 g/mol. The summed E-state index contributed by atoms with van der Waals surface area (Å²) < 4.78 is 0. The Balaban J connectivity index is 0.833. The third-order valence-corrected chi connectivity index (χ3v) is 25.4. The molecule has 0 aliphatic heterocycles. The molecule has 0 radical (unpaired) electrons. The van der Waals surface area contributed by atoms with Gasteiger partial charge in [0.1, 0.15) is 0 Å². The van der Waals surface area contributed by atoms with Crippen molar-refractivity contribution >= 4 is 129 Å². The molecule has 0 heteroatoms. The molecule has 0 fully saturated rings. The zero-order valence-electron chi connectivity index (χ0n) is 61.9. The molecule has 22 rings (SSSR count). The van der Waals surface area contributed by atoms with Gasteiger partial charge in [-0.2, -0.15) is 0 Å². The number of hydrogen-bond donors (Lipinski definition) is 0. The lowest BCUT2D eigenvalue weighted by atomic mass is 9.69. The van der Waals surface area contributed by atoms with Crippen molar-refractivity contribution in [1.29, 1.82) is 0 Å². The van der Waals surface area contributed by atoms with E-state index in [1.807, 2.05) is 0 Å². The zero-order valence-corrected chi connectivity index (χ0v) is 61.9. The van der Waals surface area contributed by atoms with Gasteiger partial charge >= 0.3 is 0 Å². The fourth-order valence-corrected chi connectivity index (χ4v) is 19.9. The zero-order chi connectivity index (χ0) is 71.0. The Morgan fingerprint density at radius 1 is 0.162 bits per heavy atom. The van der Waals surface area contributed by atoms with Crippen LogP contribution >= 0.6 is 0 Å². The van der Waals surface area contributed by atoms with E-state index in [1.165, 1.54) is 241 Å². The number of hydrogen-bond acceptors (Lipinski definition) is 0. The second-order valence-corrected chi connectivity index (χ2v) is 35.5. The monoisotopic (exact) mass is 1340 g/mol. The van der Waals surface area contributed by atoms with E-state index in [9.17, 15) is 0 Å². The summed E-state index contributed by atoms with van der Waals surface area (Å²) in [5.74, 6) is 0. The first-order chi connectivity index (χ1) is 50.5. The molecule has 0 heterocycles. The summed E-state index contributed by atoms with van der Waals surface area (Å²) in [7, 11) is 0. The second-order valence-electron chi connectivity index (χ2n) is 35.5. The van der Waals surface area contributed by atoms with Gasteiger partial charge < -0.3 is 0 Å². The Kier molecular flexibility index (Phi) is 11.9. The standard InChI is InChI=1S/C105H80/c1-101(2,3)73-45-65-17-13-57-21-33-77(85-41-29-69(49-73)93(65)97(57)85)61-25-37-81-82-38-26-62(78-34-22-58-14-18-66-46-74(102(4,5)6)50-70-30-42-86(78)98(58)94(66)70)54-90(82)105(89(81)53-61)91-55-63(79-35-23-59-15-19-67-47-75(103(7,8)9)51-71-31-43-87(79)99(59)95(67)71)27-39-83(91)84-40-28-64(56-92(84)105)80-36-24-60-16-20-68-48-76(104(10,11)12)52-72-32-44-88(80)100(60)96(68)72/h13-56H,1-12H3. The number of benzene rings is 20. The van der Waals surface area contributed by atoms with Crippen molar-refractivity contribution in [3.8, 4) is 66.8 Å². The molecule has 20 aromatic carbocycles. The van der Waals surface area contributed by atoms with Crippen LogP contribution in [0.15, 0.2) is 267 Å². The van der Waals surface area contributed by atoms with E-state index in [4.69, 9.17) is 0 Å². The smallest absolute Gasteiger partial charge is 0.0561 e. The van der Waals surface area contributed by atoms with Crippen LogP contribution < -0.4 is 0 Å². The van der Waals surface area contributed by atoms with E-state index in [1.54, 1.807) is 0 Å². The predicted molar refractivity (Wildman–Crippen MR) is 454 cm³/mol. The highest BCUT2D eigenvalue weighted by Crippen LogP contribution is 2.65. The Hall–Kier alpha value is -11.4. The minimum Gasteiger partial charge on any atom is -0.0561 e. The van der Waals surface area contributed by atoms with Crippen LogP contribution in [0.1, 0.15) is 128 Å². The first-order valence-electron chi connectivity index (χ1n) is 38.0. The Morgan fingerprint density at radius 3 is 0.533 bits per heavy atom. The molecule has 0 unspecified atom stereocenters. The molecule has 0 saturated carbocycles. The summed E-state index contributed by atoms with van der Waals surface area (Å²) in [4.78, 5) is 0. The minimum atomic E-state index is -0.784. The highest BCUT2D eigenvalue weighted by Gasteiger charge is 2.53. The largest absolute Gasteiger partial charge is 0.0726 e. The maximum atomic E-state index is 2.64. The van der Waals surface area contributed by atoms with Crippen molar-refractivity contribution < 1.29 is 0 Å². The molecule has 0 aromatic heterocycles. The number of fused-ring (bicyclic) bond motifs is 10. The molecule has 20 aromatic rings. The van der Waals surface area contributed by atoms with Crippen molar-refractivity contribution in [2.45, 2.75) is 110 Å². The van der Waals surface area contributed by atoms with Crippen molar-refractivity contribution in [1.82, 2.24) is 0 Å². The van der Waals surface area contributed by atoms with Gasteiger partial charge in [0.25, 0.3) is 0 Å². The molecule has 0 atom stereocenters. The molecule has 0 amide bonds. The molecule has 0 saturated heterocycles. The van der Waals surface area contributed by atoms with Crippen molar-refractivity contribution in [2.24, 2.45) is 0 Å². The fourth-order valence-electron chi connectivity index (χ4n) is 19.9. The summed E-state index contributed by atoms with van der Waals surface area (Å²) in [5, 5.41) is 31.4. The van der Waals surface area contributed by atoms with E-state index in [-0.39, 0.29) is 21.7 Å². The maximum Gasteiger partial charge on any atom is 0.0726 e.